The van der Waals surface area contributed by atoms with E-state index in [2.05, 4.69) is 25.2 Å². The van der Waals surface area contributed by atoms with E-state index in [0.717, 1.165) is 10.4 Å². The second-order valence-corrected chi connectivity index (χ2v) is 6.07. The maximum Gasteiger partial charge on any atom is 0.253 e. The van der Waals surface area contributed by atoms with E-state index >= 15 is 0 Å². The quantitative estimate of drug-likeness (QED) is 0.845. The van der Waals surface area contributed by atoms with Gasteiger partial charge in [-0.1, -0.05) is 11.6 Å². The summed E-state index contributed by atoms with van der Waals surface area (Å²) in [5.41, 5.74) is 9.19. The molecule has 0 bridgehead atoms. The molecule has 1 aromatic heterocycles. The first kappa shape index (κ1) is 13.6. The fraction of sp³-hybridized carbons (Fsp3) is 0.267. The zero-order valence-corrected chi connectivity index (χ0v) is 12.2. The molecular weight excluding hydrogens is 256 g/mol. The zero-order chi connectivity index (χ0) is 14.0. The third-order valence-corrected chi connectivity index (χ3v) is 4.25. The highest BCUT2D eigenvalue weighted by molar-refractivity contribution is 7.12. The lowest BCUT2D eigenvalue weighted by Crippen LogP contribution is -2.23. The molecule has 0 aliphatic heterocycles. The summed E-state index contributed by atoms with van der Waals surface area (Å²) in [7, 11) is 0. The molecule has 0 saturated heterocycles. The lowest BCUT2D eigenvalue weighted by atomic mass is 10.1. The molecule has 0 radical (unpaired) electrons. The Morgan fingerprint density at radius 3 is 2.63 bits per heavy atom. The van der Waals surface area contributed by atoms with Gasteiger partial charge in [-0.25, -0.2) is 0 Å². The minimum Gasteiger partial charge on any atom is -0.398 e. The van der Waals surface area contributed by atoms with E-state index in [1.165, 1.54) is 10.4 Å². The lowest BCUT2D eigenvalue weighted by molar-refractivity contribution is 0.0952. The Balaban J connectivity index is 2.07. The molecule has 100 valence electrons. The Morgan fingerprint density at radius 2 is 2.00 bits per heavy atom. The van der Waals surface area contributed by atoms with Gasteiger partial charge in [-0.2, -0.15) is 0 Å². The second-order valence-electron chi connectivity index (χ2n) is 4.73. The summed E-state index contributed by atoms with van der Waals surface area (Å²) in [5.74, 6) is -0.120. The first-order valence-corrected chi connectivity index (χ1v) is 6.99. The molecule has 0 aliphatic rings. The molecule has 2 aromatic rings. The number of carbonyl (C=O) groups is 1. The number of nitrogens with one attached hydrogen (secondary N) is 1. The number of thiophene rings is 1. The van der Waals surface area contributed by atoms with Crippen LogP contribution in [0.1, 0.15) is 31.2 Å². The number of carbonyl (C=O) groups excluding carboxylic acids is 1. The van der Waals surface area contributed by atoms with Gasteiger partial charge in [-0.15, -0.1) is 11.3 Å². The third kappa shape index (κ3) is 3.15. The molecule has 19 heavy (non-hydrogen) atoms. The van der Waals surface area contributed by atoms with Crippen LogP contribution in [0.25, 0.3) is 0 Å². The van der Waals surface area contributed by atoms with E-state index < -0.39 is 0 Å². The topological polar surface area (TPSA) is 55.1 Å². The average molecular weight is 274 g/mol. The van der Waals surface area contributed by atoms with Gasteiger partial charge in [-0.05, 0) is 44.5 Å². The van der Waals surface area contributed by atoms with Crippen molar-refractivity contribution in [2.75, 3.05) is 5.73 Å². The molecule has 0 saturated carbocycles. The minimum atomic E-state index is -0.120. The molecule has 0 spiro atoms. The van der Waals surface area contributed by atoms with E-state index in [1.54, 1.807) is 17.4 Å². The minimum absolute atomic E-state index is 0.120. The lowest BCUT2D eigenvalue weighted by Gasteiger charge is -2.07. The Labute approximate surface area is 117 Å². The monoisotopic (exact) mass is 274 g/mol. The van der Waals surface area contributed by atoms with Crippen LogP contribution in [0.2, 0.25) is 0 Å². The Hall–Kier alpha value is -1.81. The van der Waals surface area contributed by atoms with Crippen LogP contribution < -0.4 is 11.1 Å². The van der Waals surface area contributed by atoms with Crippen molar-refractivity contribution in [1.82, 2.24) is 5.32 Å². The first-order valence-electron chi connectivity index (χ1n) is 6.17. The van der Waals surface area contributed by atoms with Crippen LogP contribution in [-0.4, -0.2) is 5.91 Å². The number of benzene rings is 1. The van der Waals surface area contributed by atoms with Gasteiger partial charge >= 0.3 is 0 Å². The molecule has 3 N–H and O–H groups in total. The van der Waals surface area contributed by atoms with E-state index in [-0.39, 0.29) is 5.91 Å². The van der Waals surface area contributed by atoms with Crippen molar-refractivity contribution in [1.29, 1.82) is 0 Å². The normalized spacial score (nSPS) is 10.5. The van der Waals surface area contributed by atoms with Gasteiger partial charge in [0, 0.05) is 15.4 Å². The van der Waals surface area contributed by atoms with Crippen molar-refractivity contribution in [3.05, 3.63) is 50.7 Å². The highest BCUT2D eigenvalue weighted by atomic mass is 32.1. The number of amides is 1. The summed E-state index contributed by atoms with van der Waals surface area (Å²) in [6, 6.07) is 7.59. The van der Waals surface area contributed by atoms with Crippen molar-refractivity contribution in [3.63, 3.8) is 0 Å². The fourth-order valence-electron chi connectivity index (χ4n) is 1.87. The van der Waals surface area contributed by atoms with E-state index in [0.29, 0.717) is 17.8 Å². The average Bonchev–Trinajstić information content (AvgIpc) is 2.69. The SMILES string of the molecule is Cc1ccc(N)c(C(=O)NCc2cc(C)c(C)s2)c1. The molecule has 1 heterocycles. The van der Waals surface area contributed by atoms with Crippen molar-refractivity contribution in [2.24, 2.45) is 0 Å². The first-order chi connectivity index (χ1) is 8.97. The number of rotatable bonds is 3. The second kappa shape index (κ2) is 5.45. The van der Waals surface area contributed by atoms with Gasteiger partial charge in [-0.3, -0.25) is 4.79 Å². The van der Waals surface area contributed by atoms with E-state index in [4.69, 9.17) is 5.73 Å². The Morgan fingerprint density at radius 1 is 1.26 bits per heavy atom. The fourth-order valence-corrected chi connectivity index (χ4v) is 2.86. The van der Waals surface area contributed by atoms with Crippen molar-refractivity contribution in [3.8, 4) is 0 Å². The van der Waals surface area contributed by atoms with Crippen molar-refractivity contribution in [2.45, 2.75) is 27.3 Å². The van der Waals surface area contributed by atoms with Crippen LogP contribution in [0, 0.1) is 20.8 Å². The number of aryl methyl sites for hydroxylation is 3. The van der Waals surface area contributed by atoms with Gasteiger partial charge in [0.1, 0.15) is 0 Å². The molecule has 2 rings (SSSR count). The standard InChI is InChI=1S/C15H18N2OS/c1-9-4-5-14(16)13(6-9)15(18)17-8-12-7-10(2)11(3)19-12/h4-7H,8,16H2,1-3H3,(H,17,18). The zero-order valence-electron chi connectivity index (χ0n) is 11.4. The number of anilines is 1. The number of hydrogen-bond donors (Lipinski definition) is 2. The molecule has 4 heteroatoms. The largest absolute Gasteiger partial charge is 0.398 e. The molecule has 1 amide bonds. The van der Waals surface area contributed by atoms with Gasteiger partial charge in [0.05, 0.1) is 12.1 Å². The van der Waals surface area contributed by atoms with Crippen LogP contribution in [0.4, 0.5) is 5.69 Å². The Bertz CT molecular complexity index is 597. The summed E-state index contributed by atoms with van der Waals surface area (Å²) in [6.07, 6.45) is 0. The Kier molecular flexibility index (Phi) is 3.90. The van der Waals surface area contributed by atoms with Gasteiger partial charge < -0.3 is 11.1 Å². The van der Waals surface area contributed by atoms with E-state index in [9.17, 15) is 4.79 Å². The molecule has 0 unspecified atom stereocenters. The smallest absolute Gasteiger partial charge is 0.253 e. The van der Waals surface area contributed by atoms with Gasteiger partial charge in [0.25, 0.3) is 5.91 Å². The summed E-state index contributed by atoms with van der Waals surface area (Å²) in [4.78, 5) is 14.5. The summed E-state index contributed by atoms with van der Waals surface area (Å²) >= 11 is 1.71. The maximum absolute atomic E-state index is 12.1. The molecule has 0 atom stereocenters. The summed E-state index contributed by atoms with van der Waals surface area (Å²) in [5, 5.41) is 2.92. The van der Waals surface area contributed by atoms with Crippen molar-refractivity contribution >= 4 is 22.9 Å². The van der Waals surface area contributed by atoms with Crippen LogP contribution in [0.5, 0.6) is 0 Å². The molecule has 0 aliphatic carbocycles. The maximum atomic E-state index is 12.1. The van der Waals surface area contributed by atoms with Gasteiger partial charge in [0.15, 0.2) is 0 Å². The molecular formula is C15H18N2OS. The number of nitrogen functional groups attached to an aromatic ring is 1. The van der Waals surface area contributed by atoms with Crippen molar-refractivity contribution < 1.29 is 4.79 Å². The predicted octanol–water partition coefficient (Wildman–Crippen LogP) is 3.19. The van der Waals surface area contributed by atoms with Gasteiger partial charge in [0.2, 0.25) is 0 Å². The van der Waals surface area contributed by atoms with Crippen LogP contribution in [0.3, 0.4) is 0 Å². The highest BCUT2D eigenvalue weighted by Crippen LogP contribution is 2.20. The predicted molar refractivity (Wildman–Crippen MR) is 80.6 cm³/mol. The van der Waals surface area contributed by atoms with Crippen LogP contribution in [-0.2, 0) is 6.54 Å². The number of nitrogens with two attached hydrogens (primary N) is 1. The van der Waals surface area contributed by atoms with Crippen LogP contribution >= 0.6 is 11.3 Å². The number of hydrogen-bond acceptors (Lipinski definition) is 3. The van der Waals surface area contributed by atoms with E-state index in [1.807, 2.05) is 19.1 Å². The van der Waals surface area contributed by atoms with Crippen LogP contribution in [0.15, 0.2) is 24.3 Å². The third-order valence-electron chi connectivity index (χ3n) is 3.09. The summed E-state index contributed by atoms with van der Waals surface area (Å²) in [6.45, 7) is 6.66. The molecule has 0 fully saturated rings. The summed E-state index contributed by atoms with van der Waals surface area (Å²) < 4.78 is 0. The molecule has 3 nitrogen and oxygen atoms in total. The highest BCUT2D eigenvalue weighted by Gasteiger charge is 2.10. The molecule has 1 aromatic carbocycles.